The lowest BCUT2D eigenvalue weighted by Crippen LogP contribution is -2.29. The summed E-state index contributed by atoms with van der Waals surface area (Å²) in [5, 5.41) is 5.93. The van der Waals surface area contributed by atoms with Crippen LogP contribution in [0.2, 0.25) is 0 Å². The number of hydrogen-bond acceptors (Lipinski definition) is 2. The van der Waals surface area contributed by atoms with Crippen LogP contribution < -0.4 is 9.80 Å². The Kier molecular flexibility index (Phi) is 10.6. The first-order chi connectivity index (χ1) is 27.8. The van der Waals surface area contributed by atoms with Gasteiger partial charge in [0, 0.05) is 28.4 Å². The molecule has 6 aromatic rings. The highest BCUT2D eigenvalue weighted by Gasteiger charge is 2.29. The van der Waals surface area contributed by atoms with Gasteiger partial charge >= 0.3 is 0 Å². The summed E-state index contributed by atoms with van der Waals surface area (Å²) in [6, 6.07) is 44.9. The molecule has 3 aliphatic carbocycles. The topological polar surface area (TPSA) is 6.48 Å². The zero-order valence-corrected chi connectivity index (χ0v) is 34.7. The highest BCUT2D eigenvalue weighted by molar-refractivity contribution is 6.09. The summed E-state index contributed by atoms with van der Waals surface area (Å²) >= 11 is 0. The van der Waals surface area contributed by atoms with E-state index in [1.807, 2.05) is 0 Å². The molecule has 0 aromatic heterocycles. The molecule has 290 valence electrons. The first kappa shape index (κ1) is 37.5. The van der Waals surface area contributed by atoms with Gasteiger partial charge in [0.2, 0.25) is 0 Å². The first-order valence-corrected chi connectivity index (χ1v) is 22.0. The highest BCUT2D eigenvalue weighted by atomic mass is 15.2. The fourth-order valence-electron chi connectivity index (χ4n) is 10.4. The molecular formula is C55H60N2. The zero-order valence-electron chi connectivity index (χ0n) is 34.7. The van der Waals surface area contributed by atoms with E-state index in [1.165, 1.54) is 125 Å². The predicted octanol–water partition coefficient (Wildman–Crippen LogP) is 16.2. The maximum absolute atomic E-state index is 2.61. The highest BCUT2D eigenvalue weighted by Crippen LogP contribution is 2.50. The third-order valence-electron chi connectivity index (χ3n) is 13.3. The number of hydrogen-bond donors (Lipinski definition) is 0. The summed E-state index contributed by atoms with van der Waals surface area (Å²) in [5.74, 6) is 1.12. The molecule has 0 saturated heterocycles. The molecule has 2 heteroatoms. The lowest BCUT2D eigenvalue weighted by atomic mass is 9.74. The van der Waals surface area contributed by atoms with Gasteiger partial charge in [0.05, 0.1) is 6.04 Å². The lowest BCUT2D eigenvalue weighted by Gasteiger charge is -2.34. The van der Waals surface area contributed by atoms with Crippen LogP contribution in [-0.4, -0.2) is 6.04 Å². The van der Waals surface area contributed by atoms with Crippen molar-refractivity contribution >= 4 is 50.0 Å². The molecule has 0 bridgehead atoms. The normalized spacial score (nSPS) is 18.0. The van der Waals surface area contributed by atoms with Gasteiger partial charge < -0.3 is 9.80 Å². The molecule has 0 heterocycles. The fraction of sp³-hybridized carbons (Fsp3) is 0.345. The number of fused-ring (bicyclic) bond motifs is 2. The number of benzene rings is 6. The van der Waals surface area contributed by atoms with Gasteiger partial charge in [-0.05, 0) is 155 Å². The average Bonchev–Trinajstić information content (AvgIpc) is 3.25. The van der Waals surface area contributed by atoms with E-state index in [9.17, 15) is 0 Å². The van der Waals surface area contributed by atoms with Gasteiger partial charge in [-0.2, -0.15) is 0 Å². The second-order valence-electron chi connectivity index (χ2n) is 18.2. The predicted molar refractivity (Wildman–Crippen MR) is 246 cm³/mol. The summed E-state index contributed by atoms with van der Waals surface area (Å²) in [7, 11) is 0. The zero-order chi connectivity index (χ0) is 38.9. The minimum atomic E-state index is 0.0996. The molecule has 0 spiro atoms. The van der Waals surface area contributed by atoms with Crippen molar-refractivity contribution < 1.29 is 0 Å². The summed E-state index contributed by atoms with van der Waals surface area (Å²) < 4.78 is 0. The maximum atomic E-state index is 2.61. The van der Waals surface area contributed by atoms with Gasteiger partial charge in [0.15, 0.2) is 0 Å². The molecule has 9 rings (SSSR count). The van der Waals surface area contributed by atoms with E-state index in [-0.39, 0.29) is 11.5 Å². The van der Waals surface area contributed by atoms with Gasteiger partial charge in [-0.3, -0.25) is 0 Å². The third-order valence-corrected chi connectivity index (χ3v) is 13.3. The van der Waals surface area contributed by atoms with E-state index in [4.69, 9.17) is 0 Å². The van der Waals surface area contributed by atoms with Crippen molar-refractivity contribution in [2.75, 3.05) is 9.80 Å². The summed E-state index contributed by atoms with van der Waals surface area (Å²) in [4.78, 5) is 5.09. The van der Waals surface area contributed by atoms with Crippen LogP contribution in [0.4, 0.5) is 28.4 Å². The van der Waals surface area contributed by atoms with Crippen LogP contribution in [0.3, 0.4) is 0 Å². The second kappa shape index (κ2) is 16.0. The number of para-hydroxylation sites is 1. The Labute approximate surface area is 341 Å². The van der Waals surface area contributed by atoms with E-state index in [2.05, 4.69) is 177 Å². The van der Waals surface area contributed by atoms with Crippen LogP contribution >= 0.6 is 0 Å². The smallest absolute Gasteiger partial charge is 0.0559 e. The number of rotatable bonds is 8. The lowest BCUT2D eigenvalue weighted by molar-refractivity contribution is 0.445. The molecule has 3 aliphatic rings. The van der Waals surface area contributed by atoms with Crippen molar-refractivity contribution in [2.45, 2.75) is 122 Å². The molecule has 1 atom stereocenters. The Bertz CT molecular complexity index is 2380. The van der Waals surface area contributed by atoms with Crippen molar-refractivity contribution in [3.05, 3.63) is 162 Å². The van der Waals surface area contributed by atoms with E-state index < -0.39 is 0 Å². The number of allylic oxidation sites excluding steroid dienone is 2. The van der Waals surface area contributed by atoms with Gasteiger partial charge in [0.25, 0.3) is 0 Å². The van der Waals surface area contributed by atoms with E-state index in [0.29, 0.717) is 11.8 Å². The molecule has 0 radical (unpaired) electrons. The fourth-order valence-corrected chi connectivity index (χ4v) is 10.4. The van der Waals surface area contributed by atoms with Gasteiger partial charge in [0.1, 0.15) is 0 Å². The summed E-state index contributed by atoms with van der Waals surface area (Å²) in [6.45, 7) is 9.09. The first-order valence-electron chi connectivity index (χ1n) is 22.0. The SMILES string of the molecule is Cc1ccc(N(c2ccc3c(C4CCCCC4)c4ccc(N(c5ccccc5)c5ccc(C(C)(C)C)cc5)cc4c(C4CCCCC4)c3c2)C2C=CC=CC2)cc1. The van der Waals surface area contributed by atoms with Crippen molar-refractivity contribution in [1.82, 2.24) is 0 Å². The van der Waals surface area contributed by atoms with E-state index in [0.717, 1.165) is 6.42 Å². The standard InChI is InChI=1S/C55H60N2/c1-39-25-29-45(30-26-39)56(43-21-13-7-14-22-43)47-33-35-49-51(37-47)54(41-19-11-6-12-20-41)52-38-48(34-36-50(52)53(49)40-17-9-5-10-18-40)57(44-23-15-8-16-24-44)46-31-27-42(28-32-46)55(2,3)4/h7-8,13-16,21,23-38,40-41,43H,5-6,9-12,17-20,22H2,1-4H3. The molecule has 1 unspecified atom stereocenters. The maximum Gasteiger partial charge on any atom is 0.0559 e. The average molecular weight is 749 g/mol. The minimum Gasteiger partial charge on any atom is -0.334 e. The van der Waals surface area contributed by atoms with Crippen LogP contribution in [0, 0.1) is 6.92 Å². The Morgan fingerprint density at radius 2 is 1.02 bits per heavy atom. The van der Waals surface area contributed by atoms with Crippen LogP contribution in [-0.2, 0) is 5.41 Å². The van der Waals surface area contributed by atoms with Crippen LogP contribution in [0.15, 0.2) is 140 Å². The molecule has 57 heavy (non-hydrogen) atoms. The van der Waals surface area contributed by atoms with E-state index in [1.54, 1.807) is 11.1 Å². The Morgan fingerprint density at radius 1 is 0.491 bits per heavy atom. The van der Waals surface area contributed by atoms with E-state index >= 15 is 0 Å². The Morgan fingerprint density at radius 3 is 1.60 bits per heavy atom. The molecule has 0 amide bonds. The monoisotopic (exact) mass is 748 g/mol. The molecule has 6 aromatic carbocycles. The third kappa shape index (κ3) is 7.56. The molecule has 0 N–H and O–H groups in total. The second-order valence-corrected chi connectivity index (χ2v) is 18.2. The quantitative estimate of drug-likeness (QED) is 0.143. The van der Waals surface area contributed by atoms with Crippen molar-refractivity contribution in [3.63, 3.8) is 0 Å². The summed E-state index contributed by atoms with van der Waals surface area (Å²) in [5.41, 5.74) is 12.1. The Hall–Kier alpha value is -5.08. The molecular weight excluding hydrogens is 689 g/mol. The van der Waals surface area contributed by atoms with Gasteiger partial charge in [-0.25, -0.2) is 0 Å². The number of nitrogens with zero attached hydrogens (tertiary/aromatic N) is 2. The molecule has 2 fully saturated rings. The molecule has 0 aliphatic heterocycles. The van der Waals surface area contributed by atoms with Crippen molar-refractivity contribution in [1.29, 1.82) is 0 Å². The number of aryl methyl sites for hydroxylation is 1. The van der Waals surface area contributed by atoms with Gasteiger partial charge in [-0.1, -0.05) is 144 Å². The van der Waals surface area contributed by atoms with Crippen molar-refractivity contribution in [2.24, 2.45) is 0 Å². The van der Waals surface area contributed by atoms with Crippen LogP contribution in [0.25, 0.3) is 21.5 Å². The van der Waals surface area contributed by atoms with Crippen molar-refractivity contribution in [3.8, 4) is 0 Å². The summed E-state index contributed by atoms with van der Waals surface area (Å²) in [6.07, 6.45) is 23.2. The molecule has 2 saturated carbocycles. The van der Waals surface area contributed by atoms with Crippen LogP contribution in [0.5, 0.6) is 0 Å². The van der Waals surface area contributed by atoms with Crippen LogP contribution in [0.1, 0.15) is 125 Å². The minimum absolute atomic E-state index is 0.0996. The Balaban J connectivity index is 1.31. The van der Waals surface area contributed by atoms with Gasteiger partial charge in [-0.15, -0.1) is 0 Å². The largest absolute Gasteiger partial charge is 0.334 e. The number of anilines is 5. The molecule has 2 nitrogen and oxygen atoms in total.